The first kappa shape index (κ1) is 29.2. The van der Waals surface area contributed by atoms with E-state index in [9.17, 15) is 9.59 Å². The van der Waals surface area contributed by atoms with Crippen LogP contribution >= 0.6 is 0 Å². The number of hydrogen-bond donors (Lipinski definition) is 6. The molecule has 3 heterocycles. The van der Waals surface area contributed by atoms with Gasteiger partial charge in [-0.05, 0) is 54.7 Å². The number of nitrogens with zero attached hydrogens (tertiary/aromatic N) is 3. The number of hydrogen-bond acceptors (Lipinski definition) is 10. The number of anilines is 2. The highest BCUT2D eigenvalue weighted by molar-refractivity contribution is 6.04. The average molecular weight is 558 g/mol. The van der Waals surface area contributed by atoms with Crippen molar-refractivity contribution >= 4 is 41.5 Å². The molecule has 214 valence electrons. The van der Waals surface area contributed by atoms with Crippen molar-refractivity contribution in [2.45, 2.75) is 39.3 Å². The summed E-state index contributed by atoms with van der Waals surface area (Å²) in [6.07, 6.45) is 4.18. The lowest BCUT2D eigenvalue weighted by molar-refractivity contribution is -0.111. The molecule has 0 aliphatic carbocycles. The first-order chi connectivity index (χ1) is 19.8. The summed E-state index contributed by atoms with van der Waals surface area (Å²) in [5.74, 6) is 1.08. The quantitative estimate of drug-likeness (QED) is 0.204. The number of ether oxygens (including phenoxy) is 1. The molecule has 12 heteroatoms. The molecule has 41 heavy (non-hydrogen) atoms. The van der Waals surface area contributed by atoms with Gasteiger partial charge in [0.2, 0.25) is 17.8 Å². The van der Waals surface area contributed by atoms with Crippen molar-refractivity contribution in [3.8, 4) is 0 Å². The summed E-state index contributed by atoms with van der Waals surface area (Å²) in [5.41, 5.74) is 2.41. The standard InChI is InChI=1S/C29H35N9O3/c1-4-25(39)35-24-10-6-9-23(34-24)27(40)32-21-8-5-7-19(15-21)17-31-28-36-26(22(16-30)18(2)3)37-29(38-28)33-20-11-13-41-14-12-20/h4-10,15-16,18,20,30H,1,11-14,17H2,2-3H3,(H,32,40)(H,34,35,39)(H3,31,33,36,37,38)/b26-22-,30-16?. The average Bonchev–Trinajstić information content (AvgIpc) is 2.97. The van der Waals surface area contributed by atoms with Crippen molar-refractivity contribution < 1.29 is 14.3 Å². The van der Waals surface area contributed by atoms with Crippen molar-refractivity contribution in [2.24, 2.45) is 15.9 Å². The molecule has 1 fully saturated rings. The summed E-state index contributed by atoms with van der Waals surface area (Å²) < 4.78 is 5.46. The zero-order chi connectivity index (χ0) is 29.2. The van der Waals surface area contributed by atoms with Gasteiger partial charge in [0.1, 0.15) is 17.3 Å². The SMILES string of the molecule is C=CC(=O)Nc1cccc(C(=O)Nc2cccc(CNC3=NC(NC4CCOCC4)=N/C(=C(/C=N)C(C)C)N3)c2)n1. The normalized spacial score (nSPS) is 16.5. The van der Waals surface area contributed by atoms with E-state index in [-0.39, 0.29) is 23.5 Å². The van der Waals surface area contributed by atoms with Crippen LogP contribution in [0.5, 0.6) is 0 Å². The van der Waals surface area contributed by atoms with E-state index in [4.69, 9.17) is 10.1 Å². The molecule has 0 unspecified atom stereocenters. The highest BCUT2D eigenvalue weighted by atomic mass is 16.5. The third kappa shape index (κ3) is 8.32. The summed E-state index contributed by atoms with van der Waals surface area (Å²) in [4.78, 5) is 37.8. The zero-order valence-electron chi connectivity index (χ0n) is 23.2. The number of aromatic nitrogens is 1. The molecule has 12 nitrogen and oxygen atoms in total. The molecule has 2 amide bonds. The van der Waals surface area contributed by atoms with Crippen LogP contribution in [0.3, 0.4) is 0 Å². The van der Waals surface area contributed by atoms with Gasteiger partial charge in [0, 0.05) is 43.3 Å². The van der Waals surface area contributed by atoms with Crippen LogP contribution in [0.15, 0.2) is 76.5 Å². The first-order valence-corrected chi connectivity index (χ1v) is 13.4. The lowest BCUT2D eigenvalue weighted by Gasteiger charge is -2.26. The van der Waals surface area contributed by atoms with Crippen molar-refractivity contribution in [1.29, 1.82) is 5.41 Å². The molecule has 4 rings (SSSR count). The smallest absolute Gasteiger partial charge is 0.274 e. The summed E-state index contributed by atoms with van der Waals surface area (Å²) in [6, 6.07) is 12.4. The van der Waals surface area contributed by atoms with Crippen LogP contribution < -0.4 is 26.6 Å². The summed E-state index contributed by atoms with van der Waals surface area (Å²) in [6.45, 7) is 9.24. The number of aliphatic imine (C=N–C) groups is 2. The second-order valence-corrected chi connectivity index (χ2v) is 9.76. The molecule has 1 saturated heterocycles. The molecular formula is C29H35N9O3. The largest absolute Gasteiger partial charge is 0.381 e. The Morgan fingerprint density at radius 2 is 1.93 bits per heavy atom. The number of carbonyl (C=O) groups excluding carboxylic acids is 2. The molecular weight excluding hydrogens is 522 g/mol. The molecule has 0 bridgehead atoms. The number of guanidine groups is 2. The minimum absolute atomic E-state index is 0.0937. The van der Waals surface area contributed by atoms with Crippen molar-refractivity contribution in [3.63, 3.8) is 0 Å². The van der Waals surface area contributed by atoms with Crippen molar-refractivity contribution in [3.05, 3.63) is 77.8 Å². The zero-order valence-corrected chi connectivity index (χ0v) is 23.2. The fraction of sp³-hybridized carbons (Fsp3) is 0.310. The van der Waals surface area contributed by atoms with Crippen LogP contribution in [0.25, 0.3) is 0 Å². The Balaban J connectivity index is 1.44. The third-order valence-electron chi connectivity index (χ3n) is 6.34. The van der Waals surface area contributed by atoms with Gasteiger partial charge in [-0.15, -0.1) is 0 Å². The maximum atomic E-state index is 12.8. The summed E-state index contributed by atoms with van der Waals surface area (Å²) in [7, 11) is 0. The Morgan fingerprint density at radius 1 is 1.15 bits per heavy atom. The van der Waals surface area contributed by atoms with E-state index in [1.807, 2.05) is 32.0 Å². The Morgan fingerprint density at radius 3 is 2.66 bits per heavy atom. The Bertz CT molecular complexity index is 1390. The molecule has 0 spiro atoms. The fourth-order valence-corrected chi connectivity index (χ4v) is 4.17. The molecule has 0 atom stereocenters. The van der Waals surface area contributed by atoms with Crippen LogP contribution in [-0.4, -0.2) is 54.2 Å². The number of allylic oxidation sites excluding steroid dienone is 1. The van der Waals surface area contributed by atoms with Gasteiger partial charge in [0.25, 0.3) is 5.91 Å². The van der Waals surface area contributed by atoms with Gasteiger partial charge in [-0.25, -0.2) is 4.98 Å². The van der Waals surface area contributed by atoms with E-state index >= 15 is 0 Å². The van der Waals surface area contributed by atoms with Gasteiger partial charge < -0.3 is 36.7 Å². The number of carbonyl (C=O) groups is 2. The monoisotopic (exact) mass is 557 g/mol. The minimum Gasteiger partial charge on any atom is -0.381 e. The number of nitrogens with one attached hydrogen (secondary N) is 6. The maximum absolute atomic E-state index is 12.8. The third-order valence-corrected chi connectivity index (χ3v) is 6.34. The lowest BCUT2D eigenvalue weighted by atomic mass is 10.0. The Kier molecular flexibility index (Phi) is 9.94. The van der Waals surface area contributed by atoms with E-state index in [0.29, 0.717) is 43.2 Å². The van der Waals surface area contributed by atoms with Crippen LogP contribution in [0.2, 0.25) is 0 Å². The molecule has 2 aromatic rings. The van der Waals surface area contributed by atoms with E-state index < -0.39 is 11.8 Å². The van der Waals surface area contributed by atoms with Crippen molar-refractivity contribution in [2.75, 3.05) is 23.8 Å². The first-order valence-electron chi connectivity index (χ1n) is 13.4. The number of rotatable bonds is 9. The topological polar surface area (TPSA) is 165 Å². The lowest BCUT2D eigenvalue weighted by Crippen LogP contribution is -2.45. The van der Waals surface area contributed by atoms with Gasteiger partial charge >= 0.3 is 0 Å². The van der Waals surface area contributed by atoms with E-state index in [1.165, 1.54) is 6.21 Å². The fourth-order valence-electron chi connectivity index (χ4n) is 4.17. The molecule has 0 saturated carbocycles. The maximum Gasteiger partial charge on any atom is 0.274 e. The van der Waals surface area contributed by atoms with Gasteiger partial charge in [-0.1, -0.05) is 38.6 Å². The van der Waals surface area contributed by atoms with Gasteiger partial charge in [0.15, 0.2) is 0 Å². The second kappa shape index (κ2) is 14.0. The van der Waals surface area contributed by atoms with Crippen LogP contribution in [0.1, 0.15) is 42.7 Å². The van der Waals surface area contributed by atoms with E-state index in [1.54, 1.807) is 24.3 Å². The van der Waals surface area contributed by atoms with Gasteiger partial charge in [-0.2, -0.15) is 9.98 Å². The number of amides is 2. The van der Waals surface area contributed by atoms with Gasteiger partial charge in [0.05, 0.1) is 0 Å². The number of pyridine rings is 1. The predicted octanol–water partition coefficient (Wildman–Crippen LogP) is 3.15. The van der Waals surface area contributed by atoms with Gasteiger partial charge in [-0.3, -0.25) is 9.59 Å². The number of benzene rings is 1. The molecule has 1 aromatic heterocycles. The molecule has 6 N–H and O–H groups in total. The predicted molar refractivity (Wildman–Crippen MR) is 160 cm³/mol. The molecule has 2 aliphatic heterocycles. The molecule has 2 aliphatic rings. The summed E-state index contributed by atoms with van der Waals surface area (Å²) >= 11 is 0. The molecule has 0 radical (unpaired) electrons. The highest BCUT2D eigenvalue weighted by Crippen LogP contribution is 2.16. The summed E-state index contributed by atoms with van der Waals surface area (Å²) in [5, 5.41) is 23.2. The van der Waals surface area contributed by atoms with Crippen LogP contribution in [-0.2, 0) is 16.1 Å². The Hall–Kier alpha value is -4.84. The molecule has 1 aromatic carbocycles. The van der Waals surface area contributed by atoms with Crippen LogP contribution in [0, 0.1) is 11.3 Å². The highest BCUT2D eigenvalue weighted by Gasteiger charge is 2.20. The minimum atomic E-state index is -0.411. The second-order valence-electron chi connectivity index (χ2n) is 9.76. The van der Waals surface area contributed by atoms with Crippen molar-refractivity contribution in [1.82, 2.24) is 20.9 Å². The Labute approximate surface area is 239 Å². The van der Waals surface area contributed by atoms with E-state index in [2.05, 4.69) is 48.1 Å². The van der Waals surface area contributed by atoms with E-state index in [0.717, 1.165) is 30.1 Å². The van der Waals surface area contributed by atoms with Crippen LogP contribution in [0.4, 0.5) is 11.5 Å².